The van der Waals surface area contributed by atoms with Crippen LogP contribution in [0.4, 0.5) is 0 Å². The van der Waals surface area contributed by atoms with Crippen LogP contribution in [-0.2, 0) is 13.6 Å². The zero-order valence-electron chi connectivity index (χ0n) is 11.9. The summed E-state index contributed by atoms with van der Waals surface area (Å²) in [5, 5.41) is 12.6. The lowest BCUT2D eigenvalue weighted by Gasteiger charge is -2.05. The van der Waals surface area contributed by atoms with Gasteiger partial charge in [0.1, 0.15) is 11.8 Å². The van der Waals surface area contributed by atoms with E-state index in [0.717, 1.165) is 12.2 Å². The summed E-state index contributed by atoms with van der Waals surface area (Å²) in [6, 6.07) is 15.5. The molecule has 0 radical (unpaired) electrons. The van der Waals surface area contributed by atoms with Crippen molar-refractivity contribution in [2.45, 2.75) is 31.8 Å². The quantitative estimate of drug-likeness (QED) is 0.923. The SMILES string of the molecule is Cc1c(CNC2CC2c2ccccc2)cc(C#N)n1C. The molecule has 0 aliphatic heterocycles. The van der Waals surface area contributed by atoms with Gasteiger partial charge in [-0.05, 0) is 30.5 Å². The number of nitriles is 1. The van der Waals surface area contributed by atoms with E-state index in [1.54, 1.807) is 0 Å². The summed E-state index contributed by atoms with van der Waals surface area (Å²) in [7, 11) is 1.95. The third kappa shape index (κ3) is 2.35. The molecule has 102 valence electrons. The highest BCUT2D eigenvalue weighted by molar-refractivity contribution is 5.34. The maximum atomic E-state index is 9.05. The molecule has 2 unspecified atom stereocenters. The summed E-state index contributed by atoms with van der Waals surface area (Å²) < 4.78 is 1.96. The van der Waals surface area contributed by atoms with Gasteiger partial charge >= 0.3 is 0 Å². The summed E-state index contributed by atoms with van der Waals surface area (Å²) in [6.07, 6.45) is 1.21. The number of aromatic nitrogens is 1. The van der Waals surface area contributed by atoms with Crippen LogP contribution in [0, 0.1) is 18.3 Å². The van der Waals surface area contributed by atoms with Gasteiger partial charge in [-0.2, -0.15) is 5.26 Å². The first-order chi connectivity index (χ1) is 9.70. The van der Waals surface area contributed by atoms with Crippen molar-refractivity contribution in [2.24, 2.45) is 7.05 Å². The summed E-state index contributed by atoms with van der Waals surface area (Å²) in [5.41, 5.74) is 4.55. The monoisotopic (exact) mass is 265 g/mol. The second-order valence-corrected chi connectivity index (χ2v) is 5.55. The van der Waals surface area contributed by atoms with Crippen molar-refractivity contribution >= 4 is 0 Å². The molecule has 3 heteroatoms. The van der Waals surface area contributed by atoms with Crippen LogP contribution in [0.1, 0.15) is 34.9 Å². The van der Waals surface area contributed by atoms with Crippen LogP contribution in [0.5, 0.6) is 0 Å². The van der Waals surface area contributed by atoms with Gasteiger partial charge in [0.15, 0.2) is 0 Å². The highest BCUT2D eigenvalue weighted by atomic mass is 15.0. The van der Waals surface area contributed by atoms with Crippen molar-refractivity contribution in [1.82, 2.24) is 9.88 Å². The van der Waals surface area contributed by atoms with E-state index in [2.05, 4.69) is 48.6 Å². The van der Waals surface area contributed by atoms with E-state index < -0.39 is 0 Å². The molecule has 1 aromatic carbocycles. The topological polar surface area (TPSA) is 40.8 Å². The molecule has 1 aliphatic carbocycles. The molecule has 1 aliphatic rings. The molecule has 2 aromatic rings. The minimum Gasteiger partial charge on any atom is -0.340 e. The van der Waals surface area contributed by atoms with Gasteiger partial charge in [0, 0.05) is 31.2 Å². The van der Waals surface area contributed by atoms with Gasteiger partial charge in [0.05, 0.1) is 0 Å². The van der Waals surface area contributed by atoms with Crippen LogP contribution in [0.15, 0.2) is 36.4 Å². The number of benzene rings is 1. The van der Waals surface area contributed by atoms with Gasteiger partial charge < -0.3 is 9.88 Å². The molecule has 0 bridgehead atoms. The predicted octanol–water partition coefficient (Wildman–Crippen LogP) is 2.85. The molecule has 0 saturated heterocycles. The largest absolute Gasteiger partial charge is 0.340 e. The van der Waals surface area contributed by atoms with Gasteiger partial charge in [-0.1, -0.05) is 30.3 Å². The summed E-state index contributed by atoms with van der Waals surface area (Å²) in [5.74, 6) is 0.649. The van der Waals surface area contributed by atoms with Gasteiger partial charge in [0.2, 0.25) is 0 Å². The first-order valence-electron chi connectivity index (χ1n) is 7.04. The minimum atomic E-state index is 0.572. The second kappa shape index (κ2) is 5.15. The zero-order valence-corrected chi connectivity index (χ0v) is 11.9. The molecule has 1 fully saturated rings. The number of rotatable bonds is 4. The van der Waals surface area contributed by atoms with E-state index >= 15 is 0 Å². The Morgan fingerprint density at radius 1 is 1.35 bits per heavy atom. The van der Waals surface area contributed by atoms with E-state index in [1.807, 2.05) is 17.7 Å². The third-order valence-electron chi connectivity index (χ3n) is 4.33. The highest BCUT2D eigenvalue weighted by Crippen LogP contribution is 2.40. The molecule has 1 heterocycles. The van der Waals surface area contributed by atoms with Crippen LogP contribution in [0.25, 0.3) is 0 Å². The number of hydrogen-bond donors (Lipinski definition) is 1. The molecule has 1 aromatic heterocycles. The van der Waals surface area contributed by atoms with Crippen molar-refractivity contribution < 1.29 is 0 Å². The summed E-state index contributed by atoms with van der Waals surface area (Å²) >= 11 is 0. The average molecular weight is 265 g/mol. The molecule has 0 spiro atoms. The van der Waals surface area contributed by atoms with E-state index in [4.69, 9.17) is 5.26 Å². The first kappa shape index (κ1) is 13.0. The maximum absolute atomic E-state index is 9.05. The maximum Gasteiger partial charge on any atom is 0.120 e. The Kier molecular flexibility index (Phi) is 3.33. The first-order valence-corrected chi connectivity index (χ1v) is 7.04. The number of hydrogen-bond acceptors (Lipinski definition) is 2. The van der Waals surface area contributed by atoms with Crippen LogP contribution in [0.3, 0.4) is 0 Å². The Hall–Kier alpha value is -2.05. The van der Waals surface area contributed by atoms with Gasteiger partial charge in [-0.3, -0.25) is 0 Å². The van der Waals surface area contributed by atoms with Gasteiger partial charge in [0.25, 0.3) is 0 Å². The fraction of sp³-hybridized carbons (Fsp3) is 0.353. The third-order valence-corrected chi connectivity index (χ3v) is 4.33. The van der Waals surface area contributed by atoms with E-state index in [0.29, 0.717) is 12.0 Å². The Morgan fingerprint density at radius 2 is 2.10 bits per heavy atom. The molecular formula is C17H19N3. The number of nitrogens with one attached hydrogen (secondary N) is 1. The molecular weight excluding hydrogens is 246 g/mol. The Bertz CT molecular complexity index is 649. The van der Waals surface area contributed by atoms with Crippen molar-refractivity contribution in [3.8, 4) is 6.07 Å². The smallest absolute Gasteiger partial charge is 0.120 e. The fourth-order valence-corrected chi connectivity index (χ4v) is 2.78. The molecule has 3 nitrogen and oxygen atoms in total. The molecule has 1 N–H and O–H groups in total. The van der Waals surface area contributed by atoms with Crippen molar-refractivity contribution in [3.63, 3.8) is 0 Å². The van der Waals surface area contributed by atoms with Crippen LogP contribution in [0.2, 0.25) is 0 Å². The molecule has 20 heavy (non-hydrogen) atoms. The zero-order chi connectivity index (χ0) is 14.1. The molecule has 2 atom stereocenters. The van der Waals surface area contributed by atoms with Crippen molar-refractivity contribution in [2.75, 3.05) is 0 Å². The second-order valence-electron chi connectivity index (χ2n) is 5.55. The molecule has 1 saturated carbocycles. The fourth-order valence-electron chi connectivity index (χ4n) is 2.78. The average Bonchev–Trinajstić information content (AvgIpc) is 3.21. The van der Waals surface area contributed by atoms with Crippen molar-refractivity contribution in [1.29, 1.82) is 5.26 Å². The minimum absolute atomic E-state index is 0.572. The van der Waals surface area contributed by atoms with E-state index in [9.17, 15) is 0 Å². The predicted molar refractivity (Wildman–Crippen MR) is 79.3 cm³/mol. The highest BCUT2D eigenvalue weighted by Gasteiger charge is 2.37. The van der Waals surface area contributed by atoms with E-state index in [1.165, 1.54) is 23.2 Å². The van der Waals surface area contributed by atoms with Gasteiger partial charge in [-0.15, -0.1) is 0 Å². The summed E-state index contributed by atoms with van der Waals surface area (Å²) in [4.78, 5) is 0. The van der Waals surface area contributed by atoms with Crippen molar-refractivity contribution in [3.05, 3.63) is 58.9 Å². The molecule has 0 amide bonds. The summed E-state index contributed by atoms with van der Waals surface area (Å²) in [6.45, 7) is 2.91. The number of nitrogens with zero attached hydrogens (tertiary/aromatic N) is 2. The lowest BCUT2D eigenvalue weighted by molar-refractivity contribution is 0.668. The standard InChI is InChI=1S/C17H19N3/c1-12-14(8-15(10-18)20(12)2)11-19-17-9-16(17)13-6-4-3-5-7-13/h3-8,16-17,19H,9,11H2,1-2H3. The van der Waals surface area contributed by atoms with Crippen LogP contribution < -0.4 is 5.32 Å². The normalized spacial score (nSPS) is 20.6. The van der Waals surface area contributed by atoms with E-state index in [-0.39, 0.29) is 0 Å². The lowest BCUT2D eigenvalue weighted by Crippen LogP contribution is -2.17. The Balaban J connectivity index is 1.61. The van der Waals surface area contributed by atoms with Crippen LogP contribution >= 0.6 is 0 Å². The molecule has 3 rings (SSSR count). The Morgan fingerprint density at radius 3 is 2.75 bits per heavy atom. The Labute approximate surface area is 119 Å². The van der Waals surface area contributed by atoms with Crippen LogP contribution in [-0.4, -0.2) is 10.6 Å². The lowest BCUT2D eigenvalue weighted by atomic mass is 10.1. The van der Waals surface area contributed by atoms with Gasteiger partial charge in [-0.25, -0.2) is 0 Å².